The molecule has 1 N–H and O–H groups in total. The number of nitrogens with zero attached hydrogens (tertiary/aromatic N) is 1. The van der Waals surface area contributed by atoms with Crippen molar-refractivity contribution in [2.75, 3.05) is 11.9 Å². The van der Waals surface area contributed by atoms with Crippen molar-refractivity contribution in [2.24, 2.45) is 0 Å². The molecule has 0 saturated heterocycles. The molecule has 0 spiro atoms. The normalized spacial score (nSPS) is 17.5. The summed E-state index contributed by atoms with van der Waals surface area (Å²) >= 11 is 0. The molecule has 3 aromatic rings. The summed E-state index contributed by atoms with van der Waals surface area (Å²) in [6.45, 7) is 10.8. The van der Waals surface area contributed by atoms with E-state index in [2.05, 4.69) is 24.4 Å². The highest BCUT2D eigenvalue weighted by Gasteiger charge is 2.38. The van der Waals surface area contributed by atoms with E-state index in [4.69, 9.17) is 9.47 Å². The van der Waals surface area contributed by atoms with E-state index >= 15 is 0 Å². The van der Waals surface area contributed by atoms with Crippen LogP contribution in [-0.4, -0.2) is 29.0 Å². The Kier molecular flexibility index (Phi) is 6.44. The second-order valence-corrected chi connectivity index (χ2v) is 10.9. The average Bonchev–Trinajstić information content (AvgIpc) is 3.18. The number of amides is 1. The second kappa shape index (κ2) is 9.58. The summed E-state index contributed by atoms with van der Waals surface area (Å²) in [6, 6.07) is 19.4. The Morgan fingerprint density at radius 2 is 1.84 bits per heavy atom. The second-order valence-electron chi connectivity index (χ2n) is 10.9. The van der Waals surface area contributed by atoms with Crippen molar-refractivity contribution in [1.29, 1.82) is 0 Å². The molecule has 0 aromatic heterocycles. The fraction of sp³-hybridized carbons (Fsp3) is 0.355. The maximum Gasteiger partial charge on any atom is 0.340 e. The maximum absolute atomic E-state index is 13.7. The number of esters is 1. The van der Waals surface area contributed by atoms with Crippen LogP contribution in [0.4, 0.5) is 5.69 Å². The third-order valence-corrected chi connectivity index (χ3v) is 6.94. The Balaban J connectivity index is 1.44. The smallest absolute Gasteiger partial charge is 0.340 e. The van der Waals surface area contributed by atoms with Crippen molar-refractivity contribution in [3.05, 3.63) is 94.0 Å². The van der Waals surface area contributed by atoms with E-state index in [1.54, 1.807) is 6.07 Å². The third kappa shape index (κ3) is 4.93. The van der Waals surface area contributed by atoms with Gasteiger partial charge in [-0.3, -0.25) is 4.79 Å². The number of para-hydroxylation sites is 2. The molecule has 0 fully saturated rings. The molecule has 3 aromatic carbocycles. The van der Waals surface area contributed by atoms with E-state index < -0.39 is 5.60 Å². The topological polar surface area (TPSA) is 67.9 Å². The molecule has 2 unspecified atom stereocenters. The molecule has 2 aliphatic heterocycles. The summed E-state index contributed by atoms with van der Waals surface area (Å²) in [5.74, 6) is 0.549. The van der Waals surface area contributed by atoms with Gasteiger partial charge in [0.2, 0.25) is 0 Å². The zero-order chi connectivity index (χ0) is 26.3. The lowest BCUT2D eigenvalue weighted by atomic mass is 9.95. The van der Waals surface area contributed by atoms with Gasteiger partial charge in [0.05, 0.1) is 18.2 Å². The minimum Gasteiger partial charge on any atom is -0.493 e. The first-order valence-electron chi connectivity index (χ1n) is 12.9. The lowest BCUT2D eigenvalue weighted by Gasteiger charge is -2.33. The number of nitrogens with one attached hydrogen (secondary N) is 1. The monoisotopic (exact) mass is 498 g/mol. The number of fused-ring (bicyclic) bond motifs is 2. The SMILES string of the molecule is Cc1cc2c(c(C(C)Nc3ccccc3C(=O)OC(C)(C)C)c1)CN(C1CCOc3ccccc31)C2=O. The first kappa shape index (κ1) is 24.9. The van der Waals surface area contributed by atoms with Crippen molar-refractivity contribution in [3.63, 3.8) is 0 Å². The van der Waals surface area contributed by atoms with Crippen LogP contribution in [0.15, 0.2) is 60.7 Å². The number of hydrogen-bond acceptors (Lipinski definition) is 5. The summed E-state index contributed by atoms with van der Waals surface area (Å²) in [5, 5.41) is 3.52. The number of rotatable bonds is 5. The van der Waals surface area contributed by atoms with Crippen LogP contribution in [0.2, 0.25) is 0 Å². The number of aryl methyl sites for hydroxylation is 1. The Bertz CT molecular complexity index is 1360. The summed E-state index contributed by atoms with van der Waals surface area (Å²) < 4.78 is 11.5. The van der Waals surface area contributed by atoms with Crippen LogP contribution in [0.5, 0.6) is 5.75 Å². The van der Waals surface area contributed by atoms with Crippen LogP contribution >= 0.6 is 0 Å². The standard InChI is InChI=1S/C31H34N2O4/c1-19-16-23(20(2)32-26-12-8-6-10-21(26)30(35)37-31(3,4)5)25-18-33(29(34)24(25)17-19)27-14-15-36-28-13-9-7-11-22(27)28/h6-13,16-17,20,27,32H,14-15,18H2,1-5H3. The third-order valence-electron chi connectivity index (χ3n) is 6.94. The van der Waals surface area contributed by atoms with Gasteiger partial charge in [-0.05, 0) is 75.6 Å². The molecule has 2 atom stereocenters. The molecule has 192 valence electrons. The predicted octanol–water partition coefficient (Wildman–Crippen LogP) is 6.60. The minimum absolute atomic E-state index is 0.0193. The number of ether oxygens (including phenoxy) is 2. The van der Waals surface area contributed by atoms with Crippen LogP contribution in [0, 0.1) is 6.92 Å². The molecule has 0 radical (unpaired) electrons. The van der Waals surface area contributed by atoms with Gasteiger partial charge in [0, 0.05) is 35.8 Å². The fourth-order valence-corrected chi connectivity index (χ4v) is 5.32. The van der Waals surface area contributed by atoms with E-state index in [0.29, 0.717) is 24.4 Å². The van der Waals surface area contributed by atoms with Crippen LogP contribution in [0.3, 0.4) is 0 Å². The molecule has 0 saturated carbocycles. The summed E-state index contributed by atoms with van der Waals surface area (Å²) in [4.78, 5) is 28.5. The van der Waals surface area contributed by atoms with Gasteiger partial charge in [-0.2, -0.15) is 0 Å². The zero-order valence-corrected chi connectivity index (χ0v) is 22.1. The number of anilines is 1. The van der Waals surface area contributed by atoms with E-state index in [0.717, 1.165) is 40.0 Å². The van der Waals surface area contributed by atoms with E-state index in [9.17, 15) is 9.59 Å². The maximum atomic E-state index is 13.7. The van der Waals surface area contributed by atoms with Crippen LogP contribution in [0.1, 0.15) is 89.2 Å². The number of hydrogen-bond donors (Lipinski definition) is 1. The van der Waals surface area contributed by atoms with Gasteiger partial charge in [0.1, 0.15) is 11.4 Å². The first-order valence-corrected chi connectivity index (χ1v) is 12.9. The van der Waals surface area contributed by atoms with Gasteiger partial charge >= 0.3 is 5.97 Å². The average molecular weight is 499 g/mol. The molecular weight excluding hydrogens is 464 g/mol. The van der Waals surface area contributed by atoms with Crippen LogP contribution in [-0.2, 0) is 11.3 Å². The minimum atomic E-state index is -0.584. The Labute approximate surface area is 218 Å². The van der Waals surface area contributed by atoms with Gasteiger partial charge in [-0.25, -0.2) is 4.79 Å². The van der Waals surface area contributed by atoms with Crippen molar-refractivity contribution >= 4 is 17.6 Å². The highest BCUT2D eigenvalue weighted by atomic mass is 16.6. The fourth-order valence-electron chi connectivity index (χ4n) is 5.32. The van der Waals surface area contributed by atoms with E-state index in [-0.39, 0.29) is 24.0 Å². The first-order chi connectivity index (χ1) is 17.6. The summed E-state index contributed by atoms with van der Waals surface area (Å²) in [6.07, 6.45) is 0.766. The van der Waals surface area contributed by atoms with Crippen molar-refractivity contribution in [1.82, 2.24) is 4.90 Å². The van der Waals surface area contributed by atoms with Gasteiger partial charge < -0.3 is 19.7 Å². The summed E-state index contributed by atoms with van der Waals surface area (Å²) in [7, 11) is 0. The van der Waals surface area contributed by atoms with Crippen molar-refractivity contribution in [3.8, 4) is 5.75 Å². The van der Waals surface area contributed by atoms with Gasteiger partial charge in [0.25, 0.3) is 5.91 Å². The molecule has 0 aliphatic carbocycles. The molecule has 2 heterocycles. The molecular formula is C31H34N2O4. The van der Waals surface area contributed by atoms with E-state index in [1.165, 1.54) is 0 Å². The Morgan fingerprint density at radius 3 is 2.62 bits per heavy atom. The van der Waals surface area contributed by atoms with Crippen LogP contribution in [0.25, 0.3) is 0 Å². The van der Waals surface area contributed by atoms with Crippen molar-refractivity contribution < 1.29 is 19.1 Å². The zero-order valence-electron chi connectivity index (χ0n) is 22.1. The quantitative estimate of drug-likeness (QED) is 0.401. The highest BCUT2D eigenvalue weighted by molar-refractivity contribution is 5.99. The molecule has 6 heteroatoms. The van der Waals surface area contributed by atoms with Gasteiger partial charge in [-0.15, -0.1) is 0 Å². The lowest BCUT2D eigenvalue weighted by Crippen LogP contribution is -2.32. The lowest BCUT2D eigenvalue weighted by molar-refractivity contribution is 0.00704. The molecule has 5 rings (SSSR count). The van der Waals surface area contributed by atoms with Crippen LogP contribution < -0.4 is 10.1 Å². The number of carbonyl (C=O) groups excluding carboxylic acids is 2. The largest absolute Gasteiger partial charge is 0.493 e. The predicted molar refractivity (Wildman–Crippen MR) is 144 cm³/mol. The van der Waals surface area contributed by atoms with Gasteiger partial charge in [0.15, 0.2) is 0 Å². The van der Waals surface area contributed by atoms with Gasteiger partial charge in [-0.1, -0.05) is 36.4 Å². The number of benzene rings is 3. The van der Waals surface area contributed by atoms with Crippen molar-refractivity contribution in [2.45, 2.75) is 65.3 Å². The number of carbonyl (C=O) groups is 2. The highest BCUT2D eigenvalue weighted by Crippen LogP contribution is 2.42. The molecule has 1 amide bonds. The summed E-state index contributed by atoms with van der Waals surface area (Å²) in [5.41, 5.74) is 5.56. The molecule has 2 aliphatic rings. The Morgan fingerprint density at radius 1 is 1.11 bits per heavy atom. The molecule has 6 nitrogen and oxygen atoms in total. The Hall–Kier alpha value is -3.80. The molecule has 37 heavy (non-hydrogen) atoms. The molecule has 0 bridgehead atoms. The van der Waals surface area contributed by atoms with E-state index in [1.807, 2.05) is 75.1 Å².